The van der Waals surface area contributed by atoms with E-state index in [0.717, 1.165) is 86.5 Å². The van der Waals surface area contributed by atoms with Crippen LogP contribution in [0.3, 0.4) is 0 Å². The average molecular weight is 582 g/mol. The Morgan fingerprint density at radius 2 is 1.70 bits per heavy atom. The second kappa shape index (κ2) is 13.5. The predicted octanol–water partition coefficient (Wildman–Crippen LogP) is 7.52. The molecule has 0 radical (unpaired) electrons. The number of carbonyl (C=O) groups excluding carboxylic acids is 1. The smallest absolute Gasteiger partial charge is 0.230 e. The van der Waals surface area contributed by atoms with E-state index < -0.39 is 0 Å². The van der Waals surface area contributed by atoms with Crippen LogP contribution in [-0.4, -0.2) is 48.8 Å². The number of carbonyl (C=O) groups is 1. The summed E-state index contributed by atoms with van der Waals surface area (Å²) in [6.45, 7) is 5.03. The van der Waals surface area contributed by atoms with Crippen molar-refractivity contribution >= 4 is 17.4 Å². The summed E-state index contributed by atoms with van der Waals surface area (Å²) in [6.07, 6.45) is 11.6. The maximum Gasteiger partial charge on any atom is 0.230 e. The number of pyridine rings is 1. The van der Waals surface area contributed by atoms with Crippen molar-refractivity contribution in [1.82, 2.24) is 4.98 Å². The van der Waals surface area contributed by atoms with Crippen LogP contribution in [0.4, 0.5) is 11.5 Å². The minimum atomic E-state index is -0.270. The lowest BCUT2D eigenvalue weighted by Gasteiger charge is -2.36. The zero-order chi connectivity index (χ0) is 29.8. The predicted molar refractivity (Wildman–Crippen MR) is 174 cm³/mol. The van der Waals surface area contributed by atoms with Gasteiger partial charge in [0.15, 0.2) is 0 Å². The number of rotatable bonds is 8. The van der Waals surface area contributed by atoms with Crippen molar-refractivity contribution < 1.29 is 14.6 Å². The number of hydrogen-bond acceptors (Lipinski definition) is 5. The van der Waals surface area contributed by atoms with Crippen LogP contribution in [0.1, 0.15) is 81.3 Å². The first-order valence-electron chi connectivity index (χ1n) is 16.4. The van der Waals surface area contributed by atoms with Crippen LogP contribution in [0, 0.1) is 18.8 Å². The zero-order valence-corrected chi connectivity index (χ0v) is 25.9. The highest BCUT2D eigenvalue weighted by Gasteiger charge is 2.32. The van der Waals surface area contributed by atoms with Crippen molar-refractivity contribution in [2.45, 2.75) is 83.2 Å². The van der Waals surface area contributed by atoms with Crippen molar-refractivity contribution in [2.75, 3.05) is 36.5 Å². The lowest BCUT2D eigenvalue weighted by Crippen LogP contribution is -2.41. The fourth-order valence-electron chi connectivity index (χ4n) is 7.50. The maximum atomic E-state index is 14.1. The first-order valence-corrected chi connectivity index (χ1v) is 16.4. The molecular formula is C37H47N3O3. The molecule has 2 heterocycles. The van der Waals surface area contributed by atoms with Gasteiger partial charge < -0.3 is 19.6 Å². The highest BCUT2D eigenvalue weighted by atomic mass is 16.5. The van der Waals surface area contributed by atoms with Gasteiger partial charge >= 0.3 is 0 Å². The Kier molecular flexibility index (Phi) is 9.32. The highest BCUT2D eigenvalue weighted by Crippen LogP contribution is 2.39. The molecule has 0 bridgehead atoms. The number of amides is 1. The normalized spacial score (nSPS) is 24.1. The Bertz CT molecular complexity index is 1370. The minimum absolute atomic E-state index is 0.0212. The molecule has 1 N–H and O–H groups in total. The van der Waals surface area contributed by atoms with E-state index in [-0.39, 0.29) is 17.9 Å². The number of benzene rings is 2. The Morgan fingerprint density at radius 1 is 0.930 bits per heavy atom. The molecule has 3 fully saturated rings. The Labute approximate surface area is 257 Å². The third kappa shape index (κ3) is 6.90. The molecule has 1 aliphatic heterocycles. The second-order valence-electron chi connectivity index (χ2n) is 13.1. The van der Waals surface area contributed by atoms with Crippen molar-refractivity contribution in [3.8, 4) is 16.9 Å². The molecule has 6 heteroatoms. The van der Waals surface area contributed by atoms with Crippen molar-refractivity contribution in [3.63, 3.8) is 0 Å². The number of nitrogens with zero attached hydrogens (tertiary/aromatic N) is 3. The molecule has 1 saturated heterocycles. The summed E-state index contributed by atoms with van der Waals surface area (Å²) in [5.41, 5.74) is 5.74. The Balaban J connectivity index is 1.19. The molecule has 2 aromatic carbocycles. The summed E-state index contributed by atoms with van der Waals surface area (Å²) < 4.78 is 5.47. The van der Waals surface area contributed by atoms with Crippen LogP contribution in [0.5, 0.6) is 5.75 Å². The molecule has 0 atom stereocenters. The van der Waals surface area contributed by atoms with Gasteiger partial charge in [0.2, 0.25) is 5.91 Å². The molecule has 2 saturated carbocycles. The van der Waals surface area contributed by atoms with E-state index in [0.29, 0.717) is 24.7 Å². The molecule has 0 unspecified atom stereocenters. The summed E-state index contributed by atoms with van der Waals surface area (Å²) >= 11 is 0. The third-order valence-electron chi connectivity index (χ3n) is 10.2. The maximum absolute atomic E-state index is 14.1. The van der Waals surface area contributed by atoms with Gasteiger partial charge in [-0.15, -0.1) is 0 Å². The topological polar surface area (TPSA) is 65.9 Å². The lowest BCUT2D eigenvalue weighted by atomic mass is 9.78. The van der Waals surface area contributed by atoms with Crippen molar-refractivity contribution in [3.05, 3.63) is 71.9 Å². The number of ether oxygens (including phenoxy) is 1. The van der Waals surface area contributed by atoms with E-state index in [4.69, 9.17) is 9.72 Å². The van der Waals surface area contributed by atoms with E-state index >= 15 is 0 Å². The van der Waals surface area contributed by atoms with Crippen molar-refractivity contribution in [1.29, 1.82) is 0 Å². The molecule has 6 nitrogen and oxygen atoms in total. The van der Waals surface area contributed by atoms with Gasteiger partial charge in [-0.1, -0.05) is 24.3 Å². The van der Waals surface area contributed by atoms with Gasteiger partial charge in [-0.2, -0.15) is 0 Å². The second-order valence-corrected chi connectivity index (χ2v) is 13.1. The minimum Gasteiger partial charge on any atom is -0.496 e. The third-order valence-corrected chi connectivity index (χ3v) is 10.2. The number of anilines is 2. The van der Waals surface area contributed by atoms with Gasteiger partial charge in [-0.25, -0.2) is 4.98 Å². The molecule has 0 spiro atoms. The molecule has 2 aliphatic carbocycles. The first kappa shape index (κ1) is 29.7. The number of aliphatic hydroxyl groups is 1. The van der Waals surface area contributed by atoms with Crippen LogP contribution in [0.2, 0.25) is 0 Å². The summed E-state index contributed by atoms with van der Waals surface area (Å²) in [5, 5.41) is 10.1. The summed E-state index contributed by atoms with van der Waals surface area (Å²) in [5.74, 6) is 3.23. The fraction of sp³-hybridized carbons (Fsp3) is 0.514. The van der Waals surface area contributed by atoms with Gasteiger partial charge in [0.25, 0.3) is 0 Å². The average Bonchev–Trinajstić information content (AvgIpc) is 3.59. The number of aromatic nitrogens is 1. The van der Waals surface area contributed by atoms with Gasteiger partial charge in [0, 0.05) is 43.0 Å². The van der Waals surface area contributed by atoms with Gasteiger partial charge in [-0.3, -0.25) is 4.79 Å². The number of hydrogen-bond donors (Lipinski definition) is 1. The molecule has 3 aromatic rings. The van der Waals surface area contributed by atoms with E-state index in [2.05, 4.69) is 71.3 Å². The lowest BCUT2D eigenvalue weighted by molar-refractivity contribution is -0.124. The molecule has 1 amide bonds. The largest absolute Gasteiger partial charge is 0.496 e. The van der Waals surface area contributed by atoms with E-state index in [1.165, 1.54) is 24.0 Å². The summed E-state index contributed by atoms with van der Waals surface area (Å²) in [7, 11) is 1.73. The standard InChI is InChI=1S/C37H47N3O3/c1-26-22-31(14-18-35(26)43-2)28-10-8-27(9-11-28)25-40(37(42)29-12-16-34(41)17-13-29)33-7-5-6-30(23-33)32-15-19-36(38-24-32)39-20-3-4-21-39/h5-7,14-15,18-19,22-24,27-29,34,41H,3-4,8-13,16-17,20-21,25H2,1-2H3. The molecule has 6 rings (SSSR count). The number of aliphatic hydroxyl groups excluding tert-OH is 1. The van der Waals surface area contributed by atoms with Crippen LogP contribution < -0.4 is 14.5 Å². The van der Waals surface area contributed by atoms with Crippen LogP contribution in [0.15, 0.2) is 60.8 Å². The SMILES string of the molecule is COc1ccc(C2CCC(CN(C(=O)C3CCC(O)CC3)c3cccc(-c4ccc(N5CCCC5)nc4)c3)CC2)cc1C. The first-order chi connectivity index (χ1) is 21.0. The summed E-state index contributed by atoms with van der Waals surface area (Å²) in [4.78, 5) is 23.3. The molecule has 228 valence electrons. The van der Waals surface area contributed by atoms with E-state index in [9.17, 15) is 9.90 Å². The number of aryl methyl sites for hydroxylation is 1. The number of methoxy groups -OCH3 is 1. The molecule has 43 heavy (non-hydrogen) atoms. The van der Waals surface area contributed by atoms with Gasteiger partial charge in [-0.05, 0) is 130 Å². The summed E-state index contributed by atoms with van der Waals surface area (Å²) in [6, 6.07) is 19.4. The Hall–Kier alpha value is -3.38. The van der Waals surface area contributed by atoms with E-state index in [1.54, 1.807) is 7.11 Å². The highest BCUT2D eigenvalue weighted by molar-refractivity contribution is 5.95. The molecule has 3 aliphatic rings. The zero-order valence-electron chi connectivity index (χ0n) is 25.9. The van der Waals surface area contributed by atoms with Gasteiger partial charge in [0.1, 0.15) is 11.6 Å². The quantitative estimate of drug-likeness (QED) is 0.298. The molecular weight excluding hydrogens is 534 g/mol. The van der Waals surface area contributed by atoms with Crippen LogP contribution in [-0.2, 0) is 4.79 Å². The van der Waals surface area contributed by atoms with Gasteiger partial charge in [0.05, 0.1) is 13.2 Å². The van der Waals surface area contributed by atoms with Crippen molar-refractivity contribution in [2.24, 2.45) is 11.8 Å². The fourth-order valence-corrected chi connectivity index (χ4v) is 7.50. The van der Waals surface area contributed by atoms with Crippen LogP contribution in [0.25, 0.3) is 11.1 Å². The van der Waals surface area contributed by atoms with E-state index in [1.807, 2.05) is 6.20 Å². The monoisotopic (exact) mass is 581 g/mol. The van der Waals surface area contributed by atoms with Crippen LogP contribution >= 0.6 is 0 Å². The molecule has 1 aromatic heterocycles. The Morgan fingerprint density at radius 3 is 2.37 bits per heavy atom.